The highest BCUT2D eigenvalue weighted by Gasteiger charge is 2.17. The number of rotatable bonds is 5. The predicted octanol–water partition coefficient (Wildman–Crippen LogP) is 4.96. The molecule has 0 aliphatic carbocycles. The minimum absolute atomic E-state index is 0.381. The lowest BCUT2D eigenvalue weighted by Crippen LogP contribution is -2.13. The average Bonchev–Trinajstić information content (AvgIpc) is 3.03. The third-order valence-corrected chi connectivity index (χ3v) is 5.14. The third-order valence-electron chi connectivity index (χ3n) is 5.14. The summed E-state index contributed by atoms with van der Waals surface area (Å²) >= 11 is 0. The van der Waals surface area contributed by atoms with Gasteiger partial charge >= 0.3 is 0 Å². The van der Waals surface area contributed by atoms with Crippen LogP contribution in [0.3, 0.4) is 0 Å². The number of nitrogens with two attached hydrogens (primary N) is 1. The number of hydrogen-bond acceptors (Lipinski definition) is 1. The van der Waals surface area contributed by atoms with E-state index in [1.807, 2.05) is 31.2 Å². The summed E-state index contributed by atoms with van der Waals surface area (Å²) in [6.45, 7) is 2.76. The van der Waals surface area contributed by atoms with Gasteiger partial charge in [-0.25, -0.2) is 0 Å². The zero-order chi connectivity index (χ0) is 18.8. The number of aryl methyl sites for hydroxylation is 1. The molecule has 0 spiro atoms. The van der Waals surface area contributed by atoms with Gasteiger partial charge in [-0.3, -0.25) is 4.79 Å². The molecule has 0 unspecified atom stereocenters. The molecule has 3 nitrogen and oxygen atoms in total. The van der Waals surface area contributed by atoms with Crippen LogP contribution in [0.2, 0.25) is 0 Å². The van der Waals surface area contributed by atoms with E-state index in [0.29, 0.717) is 5.56 Å². The molecular weight excluding hydrogens is 332 g/mol. The summed E-state index contributed by atoms with van der Waals surface area (Å²) in [7, 11) is 0. The fraction of sp³-hybridized carbons (Fsp3) is 0.125. The first kappa shape index (κ1) is 17.1. The van der Waals surface area contributed by atoms with Crippen molar-refractivity contribution in [2.45, 2.75) is 19.9 Å². The molecule has 134 valence electrons. The van der Waals surface area contributed by atoms with Crippen LogP contribution in [-0.2, 0) is 13.0 Å². The van der Waals surface area contributed by atoms with Crippen LogP contribution in [0.4, 0.5) is 0 Å². The molecule has 4 rings (SSSR count). The van der Waals surface area contributed by atoms with Crippen molar-refractivity contribution in [3.63, 3.8) is 0 Å². The Balaban J connectivity index is 1.78. The van der Waals surface area contributed by atoms with Crippen molar-refractivity contribution in [3.05, 3.63) is 95.7 Å². The fourth-order valence-electron chi connectivity index (χ4n) is 3.66. The molecule has 4 aromatic rings. The maximum Gasteiger partial charge on any atom is 0.250 e. The summed E-state index contributed by atoms with van der Waals surface area (Å²) in [5, 5.41) is 2.39. The van der Waals surface area contributed by atoms with Crippen LogP contribution in [0.1, 0.15) is 21.6 Å². The molecule has 0 fully saturated rings. The maximum absolute atomic E-state index is 11.9. The summed E-state index contributed by atoms with van der Waals surface area (Å²) in [6.07, 6.45) is 0.898. The lowest BCUT2D eigenvalue weighted by molar-refractivity contribution is 0.0999. The van der Waals surface area contributed by atoms with Gasteiger partial charge in [-0.2, -0.15) is 0 Å². The highest BCUT2D eigenvalue weighted by molar-refractivity contribution is 5.96. The van der Waals surface area contributed by atoms with Crippen molar-refractivity contribution in [1.29, 1.82) is 0 Å². The Hall–Kier alpha value is -3.33. The minimum atomic E-state index is -0.381. The molecule has 1 amide bonds. The predicted molar refractivity (Wildman–Crippen MR) is 111 cm³/mol. The van der Waals surface area contributed by atoms with Gasteiger partial charge in [-0.05, 0) is 47.4 Å². The van der Waals surface area contributed by atoms with Crippen LogP contribution >= 0.6 is 0 Å². The molecular formula is C24H22N2O. The van der Waals surface area contributed by atoms with Gasteiger partial charge < -0.3 is 10.3 Å². The van der Waals surface area contributed by atoms with E-state index in [1.165, 1.54) is 16.3 Å². The number of carbonyl (C=O) groups excluding carboxylic acids is 1. The fourth-order valence-corrected chi connectivity index (χ4v) is 3.66. The van der Waals surface area contributed by atoms with E-state index < -0.39 is 0 Å². The van der Waals surface area contributed by atoms with Crippen LogP contribution in [-0.4, -0.2) is 10.5 Å². The second-order valence-corrected chi connectivity index (χ2v) is 6.84. The van der Waals surface area contributed by atoms with Gasteiger partial charge in [-0.1, -0.05) is 66.7 Å². The van der Waals surface area contributed by atoms with Crippen molar-refractivity contribution in [2.24, 2.45) is 5.73 Å². The topological polar surface area (TPSA) is 48.0 Å². The number of carbonyl (C=O) groups is 1. The largest absolute Gasteiger partial charge is 0.366 e. The summed E-state index contributed by atoms with van der Waals surface area (Å²) < 4.78 is 2.21. The molecule has 0 saturated carbocycles. The van der Waals surface area contributed by atoms with E-state index in [1.54, 1.807) is 0 Å². The normalized spacial score (nSPS) is 11.0. The van der Waals surface area contributed by atoms with Crippen LogP contribution in [0, 0.1) is 6.92 Å². The second kappa shape index (κ2) is 7.12. The highest BCUT2D eigenvalue weighted by Crippen LogP contribution is 2.29. The molecule has 2 N–H and O–H groups in total. The van der Waals surface area contributed by atoms with Crippen molar-refractivity contribution in [1.82, 2.24) is 4.57 Å². The molecule has 3 aromatic carbocycles. The Kier molecular flexibility index (Phi) is 4.51. The maximum atomic E-state index is 11.9. The monoisotopic (exact) mass is 354 g/mol. The van der Waals surface area contributed by atoms with E-state index >= 15 is 0 Å². The van der Waals surface area contributed by atoms with E-state index in [4.69, 9.17) is 5.73 Å². The number of amides is 1. The highest BCUT2D eigenvalue weighted by atomic mass is 16.1. The third kappa shape index (κ3) is 3.36. The van der Waals surface area contributed by atoms with Gasteiger partial charge in [0.15, 0.2) is 0 Å². The molecule has 27 heavy (non-hydrogen) atoms. The zero-order valence-corrected chi connectivity index (χ0v) is 15.4. The summed E-state index contributed by atoms with van der Waals surface area (Å²) in [5.41, 5.74) is 10.5. The number of nitrogens with zero attached hydrogens (tertiary/aromatic N) is 1. The van der Waals surface area contributed by atoms with Gasteiger partial charge in [-0.15, -0.1) is 0 Å². The molecule has 0 bridgehead atoms. The quantitative estimate of drug-likeness (QED) is 0.541. The molecule has 0 saturated heterocycles. The lowest BCUT2D eigenvalue weighted by atomic mass is 10.0. The van der Waals surface area contributed by atoms with E-state index in [-0.39, 0.29) is 5.91 Å². The Labute approximate surface area is 159 Å². The zero-order valence-electron chi connectivity index (χ0n) is 15.4. The smallest absolute Gasteiger partial charge is 0.250 e. The Morgan fingerprint density at radius 3 is 2.33 bits per heavy atom. The second-order valence-electron chi connectivity index (χ2n) is 6.84. The number of fused-ring (bicyclic) bond motifs is 1. The molecule has 0 radical (unpaired) electrons. The van der Waals surface area contributed by atoms with E-state index in [0.717, 1.165) is 29.9 Å². The van der Waals surface area contributed by atoms with Crippen molar-refractivity contribution in [2.75, 3.05) is 0 Å². The Bertz CT molecular complexity index is 1110. The Morgan fingerprint density at radius 2 is 1.59 bits per heavy atom. The van der Waals surface area contributed by atoms with Crippen LogP contribution in [0.25, 0.3) is 22.0 Å². The molecule has 0 atom stereocenters. The number of aromatic nitrogens is 1. The van der Waals surface area contributed by atoms with Gasteiger partial charge in [0, 0.05) is 17.9 Å². The summed E-state index contributed by atoms with van der Waals surface area (Å²) in [5.74, 6) is -0.381. The van der Waals surface area contributed by atoms with Crippen LogP contribution in [0.5, 0.6) is 0 Å². The summed E-state index contributed by atoms with van der Waals surface area (Å²) in [6, 6.07) is 27.0. The molecule has 3 heteroatoms. The molecule has 0 aliphatic rings. The minimum Gasteiger partial charge on any atom is -0.366 e. The van der Waals surface area contributed by atoms with Gasteiger partial charge in [0.2, 0.25) is 0 Å². The van der Waals surface area contributed by atoms with E-state index in [9.17, 15) is 4.79 Å². The summed E-state index contributed by atoms with van der Waals surface area (Å²) in [4.78, 5) is 11.9. The standard InChI is InChI=1S/C24H22N2O/c1-17-22(24(25)27)16-23(26(17)14-13-18-7-3-2-4-8-18)21-12-11-19-9-5-6-10-20(19)15-21/h2-12,15-16H,13-14H2,1H3,(H2,25,27). The number of hydrogen-bond donors (Lipinski definition) is 1. The Morgan fingerprint density at radius 1 is 0.889 bits per heavy atom. The SMILES string of the molecule is Cc1c(C(N)=O)cc(-c2ccc3ccccc3c2)n1CCc1ccccc1. The van der Waals surface area contributed by atoms with Crippen molar-refractivity contribution >= 4 is 16.7 Å². The van der Waals surface area contributed by atoms with Crippen LogP contribution in [0.15, 0.2) is 78.9 Å². The lowest BCUT2D eigenvalue weighted by Gasteiger charge is -2.13. The first-order chi connectivity index (χ1) is 13.1. The van der Waals surface area contributed by atoms with Gasteiger partial charge in [0.05, 0.1) is 5.56 Å². The first-order valence-electron chi connectivity index (χ1n) is 9.16. The number of benzene rings is 3. The van der Waals surface area contributed by atoms with Crippen molar-refractivity contribution < 1.29 is 4.79 Å². The van der Waals surface area contributed by atoms with Crippen LogP contribution < -0.4 is 5.73 Å². The molecule has 1 aromatic heterocycles. The molecule has 0 aliphatic heterocycles. The first-order valence-corrected chi connectivity index (χ1v) is 9.16. The van der Waals surface area contributed by atoms with Gasteiger partial charge in [0.1, 0.15) is 0 Å². The average molecular weight is 354 g/mol. The van der Waals surface area contributed by atoms with Gasteiger partial charge in [0.25, 0.3) is 5.91 Å². The molecule has 1 heterocycles. The number of primary amides is 1. The van der Waals surface area contributed by atoms with Crippen molar-refractivity contribution in [3.8, 4) is 11.3 Å². The van der Waals surface area contributed by atoms with E-state index in [2.05, 4.69) is 59.2 Å².